The van der Waals surface area contributed by atoms with Crippen LogP contribution in [-0.2, 0) is 4.74 Å². The molecule has 0 aliphatic heterocycles. The van der Waals surface area contributed by atoms with Gasteiger partial charge >= 0.3 is 0 Å². The predicted molar refractivity (Wildman–Crippen MR) is 83.7 cm³/mol. The molecule has 4 nitrogen and oxygen atoms in total. The van der Waals surface area contributed by atoms with Gasteiger partial charge in [0.15, 0.2) is 0 Å². The number of hydrogen-bond donors (Lipinski definition) is 1. The lowest BCUT2D eigenvalue weighted by Crippen LogP contribution is -2.64. The maximum Gasteiger partial charge on any atom is 0.237 e. The Kier molecular flexibility index (Phi) is 4.07. The lowest BCUT2D eigenvalue weighted by Gasteiger charge is -2.61. The summed E-state index contributed by atoms with van der Waals surface area (Å²) in [5, 5.41) is 3.67. The van der Waals surface area contributed by atoms with E-state index in [1.807, 2.05) is 19.9 Å². The molecule has 2 saturated carbocycles. The second-order valence-corrected chi connectivity index (χ2v) is 6.49. The van der Waals surface area contributed by atoms with Crippen LogP contribution in [0.2, 0.25) is 0 Å². The standard InChI is InChI=1S/C17H26N2O2/c1-4-20-15-11-14(17(15)8-6-9-17)19-13-7-5-10-18-16(13)21-12(2)3/h5,7,10,12,14-15,19H,4,6,8-9,11H2,1-3H3. The molecule has 21 heavy (non-hydrogen) atoms. The van der Waals surface area contributed by atoms with Crippen molar-refractivity contribution >= 4 is 5.69 Å². The Hall–Kier alpha value is -1.29. The van der Waals surface area contributed by atoms with E-state index in [4.69, 9.17) is 9.47 Å². The Morgan fingerprint density at radius 3 is 2.86 bits per heavy atom. The molecule has 0 saturated heterocycles. The van der Waals surface area contributed by atoms with Crippen molar-refractivity contribution < 1.29 is 9.47 Å². The third-order valence-electron chi connectivity index (χ3n) is 4.89. The first kappa shape index (κ1) is 14.6. The molecule has 1 aromatic heterocycles. The monoisotopic (exact) mass is 290 g/mol. The first-order valence-electron chi connectivity index (χ1n) is 8.15. The molecule has 116 valence electrons. The molecule has 0 amide bonds. The molecule has 1 heterocycles. The fraction of sp³-hybridized carbons (Fsp3) is 0.706. The minimum absolute atomic E-state index is 0.135. The molecule has 1 N–H and O–H groups in total. The van der Waals surface area contributed by atoms with E-state index >= 15 is 0 Å². The van der Waals surface area contributed by atoms with E-state index < -0.39 is 0 Å². The largest absolute Gasteiger partial charge is 0.473 e. The molecule has 0 bridgehead atoms. The molecule has 0 aromatic carbocycles. The van der Waals surface area contributed by atoms with Gasteiger partial charge in [0.05, 0.1) is 17.9 Å². The highest BCUT2D eigenvalue weighted by molar-refractivity contribution is 5.54. The number of hydrogen-bond acceptors (Lipinski definition) is 4. The lowest BCUT2D eigenvalue weighted by atomic mass is 9.51. The van der Waals surface area contributed by atoms with E-state index in [0.717, 1.165) is 18.7 Å². The fourth-order valence-corrected chi connectivity index (χ4v) is 3.65. The zero-order valence-electron chi connectivity index (χ0n) is 13.3. The van der Waals surface area contributed by atoms with Crippen LogP contribution >= 0.6 is 0 Å². The van der Waals surface area contributed by atoms with Crippen LogP contribution in [0.15, 0.2) is 18.3 Å². The Morgan fingerprint density at radius 1 is 1.43 bits per heavy atom. The van der Waals surface area contributed by atoms with Crippen LogP contribution in [-0.4, -0.2) is 29.8 Å². The lowest BCUT2D eigenvalue weighted by molar-refractivity contribution is -0.157. The van der Waals surface area contributed by atoms with Gasteiger partial charge in [0.1, 0.15) is 0 Å². The van der Waals surface area contributed by atoms with Crippen molar-refractivity contribution in [2.75, 3.05) is 11.9 Å². The molecule has 1 aromatic rings. The number of rotatable bonds is 6. The quantitative estimate of drug-likeness (QED) is 0.869. The van der Waals surface area contributed by atoms with Crippen LogP contribution in [0.3, 0.4) is 0 Å². The van der Waals surface area contributed by atoms with Crippen molar-refractivity contribution in [3.05, 3.63) is 18.3 Å². The summed E-state index contributed by atoms with van der Waals surface area (Å²) in [6.07, 6.45) is 7.31. The molecule has 3 rings (SSSR count). The maximum atomic E-state index is 5.91. The summed E-state index contributed by atoms with van der Waals surface area (Å²) in [6.45, 7) is 6.96. The minimum Gasteiger partial charge on any atom is -0.473 e. The van der Waals surface area contributed by atoms with E-state index in [2.05, 4.69) is 23.3 Å². The smallest absolute Gasteiger partial charge is 0.237 e. The summed E-state index contributed by atoms with van der Waals surface area (Å²) in [5.74, 6) is 0.710. The van der Waals surface area contributed by atoms with Crippen LogP contribution in [0.25, 0.3) is 0 Å². The van der Waals surface area contributed by atoms with Gasteiger partial charge in [0.25, 0.3) is 0 Å². The van der Waals surface area contributed by atoms with Gasteiger partial charge in [-0.3, -0.25) is 0 Å². The number of pyridine rings is 1. The van der Waals surface area contributed by atoms with Crippen molar-refractivity contribution in [1.82, 2.24) is 4.98 Å². The summed E-state index contributed by atoms with van der Waals surface area (Å²) in [5.41, 5.74) is 1.36. The Balaban J connectivity index is 1.70. The van der Waals surface area contributed by atoms with E-state index in [1.165, 1.54) is 19.3 Å². The minimum atomic E-state index is 0.135. The van der Waals surface area contributed by atoms with E-state index in [1.54, 1.807) is 6.20 Å². The zero-order valence-corrected chi connectivity index (χ0v) is 13.3. The molecule has 0 radical (unpaired) electrons. The fourth-order valence-electron chi connectivity index (χ4n) is 3.65. The predicted octanol–water partition coefficient (Wildman–Crippen LogP) is 3.63. The van der Waals surface area contributed by atoms with Gasteiger partial charge in [0, 0.05) is 24.3 Å². The zero-order chi connectivity index (χ0) is 14.9. The normalized spacial score (nSPS) is 26.3. The maximum absolute atomic E-state index is 5.91. The second-order valence-electron chi connectivity index (χ2n) is 6.49. The third kappa shape index (κ3) is 2.61. The highest BCUT2D eigenvalue weighted by Crippen LogP contribution is 2.58. The summed E-state index contributed by atoms with van der Waals surface area (Å²) in [6, 6.07) is 4.51. The Morgan fingerprint density at radius 2 is 2.24 bits per heavy atom. The molecular formula is C17H26N2O2. The van der Waals surface area contributed by atoms with E-state index in [9.17, 15) is 0 Å². The van der Waals surface area contributed by atoms with Crippen LogP contribution in [0.4, 0.5) is 5.69 Å². The average molecular weight is 290 g/mol. The van der Waals surface area contributed by atoms with Crippen molar-refractivity contribution in [1.29, 1.82) is 0 Å². The third-order valence-corrected chi connectivity index (χ3v) is 4.89. The van der Waals surface area contributed by atoms with Crippen molar-refractivity contribution in [3.8, 4) is 5.88 Å². The number of anilines is 1. The summed E-state index contributed by atoms with van der Waals surface area (Å²) >= 11 is 0. The van der Waals surface area contributed by atoms with E-state index in [-0.39, 0.29) is 6.10 Å². The Bertz CT molecular complexity index is 485. The topological polar surface area (TPSA) is 43.4 Å². The van der Waals surface area contributed by atoms with Crippen LogP contribution in [0.5, 0.6) is 5.88 Å². The highest BCUT2D eigenvalue weighted by Gasteiger charge is 2.59. The van der Waals surface area contributed by atoms with Gasteiger partial charge in [-0.05, 0) is 52.2 Å². The van der Waals surface area contributed by atoms with E-state index in [0.29, 0.717) is 23.4 Å². The summed E-state index contributed by atoms with van der Waals surface area (Å²) < 4.78 is 11.7. The summed E-state index contributed by atoms with van der Waals surface area (Å²) in [7, 11) is 0. The number of ether oxygens (including phenoxy) is 2. The van der Waals surface area contributed by atoms with Gasteiger partial charge in [-0.2, -0.15) is 0 Å². The molecule has 2 fully saturated rings. The molecule has 2 unspecified atom stereocenters. The molecular weight excluding hydrogens is 264 g/mol. The average Bonchev–Trinajstić information content (AvgIpc) is 2.36. The highest BCUT2D eigenvalue weighted by atomic mass is 16.5. The van der Waals surface area contributed by atoms with Crippen LogP contribution < -0.4 is 10.1 Å². The summed E-state index contributed by atoms with van der Waals surface area (Å²) in [4.78, 5) is 4.36. The Labute approximate surface area is 127 Å². The molecule has 1 spiro atoms. The van der Waals surface area contributed by atoms with Crippen LogP contribution in [0, 0.1) is 5.41 Å². The van der Waals surface area contributed by atoms with Crippen LogP contribution in [0.1, 0.15) is 46.5 Å². The van der Waals surface area contributed by atoms with Gasteiger partial charge in [-0.25, -0.2) is 4.98 Å². The van der Waals surface area contributed by atoms with Gasteiger partial charge < -0.3 is 14.8 Å². The second kappa shape index (κ2) is 5.84. The van der Waals surface area contributed by atoms with Crippen molar-refractivity contribution in [2.24, 2.45) is 5.41 Å². The van der Waals surface area contributed by atoms with Crippen molar-refractivity contribution in [3.63, 3.8) is 0 Å². The molecule has 4 heteroatoms. The van der Waals surface area contributed by atoms with Gasteiger partial charge in [-0.1, -0.05) is 6.42 Å². The number of aromatic nitrogens is 1. The van der Waals surface area contributed by atoms with Gasteiger partial charge in [0.2, 0.25) is 5.88 Å². The first-order valence-corrected chi connectivity index (χ1v) is 8.15. The molecule has 2 aliphatic carbocycles. The van der Waals surface area contributed by atoms with Gasteiger partial charge in [-0.15, -0.1) is 0 Å². The molecule has 2 aliphatic rings. The van der Waals surface area contributed by atoms with Crippen molar-refractivity contribution in [2.45, 2.75) is 64.7 Å². The SMILES string of the molecule is CCOC1CC(Nc2cccnc2OC(C)C)C12CCC2. The first-order chi connectivity index (χ1) is 10.2. The number of nitrogens with one attached hydrogen (secondary N) is 1. The number of nitrogens with zero attached hydrogens (tertiary/aromatic N) is 1. The molecule has 2 atom stereocenters.